The summed E-state index contributed by atoms with van der Waals surface area (Å²) in [5.74, 6) is -3.45. The van der Waals surface area contributed by atoms with Gasteiger partial charge in [-0.2, -0.15) is 13.2 Å². The van der Waals surface area contributed by atoms with Gasteiger partial charge in [-0.05, 0) is 51.8 Å². The molecule has 13 heteroatoms. The minimum Gasteiger partial charge on any atom is -0.504 e. The number of methoxy groups -OCH3 is 1. The van der Waals surface area contributed by atoms with E-state index in [0.29, 0.717) is 34.7 Å². The van der Waals surface area contributed by atoms with Gasteiger partial charge in [0.05, 0.1) is 25.8 Å². The summed E-state index contributed by atoms with van der Waals surface area (Å²) in [6.07, 6.45) is -4.64. The molecule has 0 unspecified atom stereocenters. The number of carboxylic acids is 1. The number of halogens is 3. The minimum absolute atomic E-state index is 0.0108. The fourth-order valence-corrected chi connectivity index (χ4v) is 3.03. The van der Waals surface area contributed by atoms with Crippen molar-refractivity contribution in [1.29, 1.82) is 0 Å². The number of aliphatic carboxylic acids is 1. The van der Waals surface area contributed by atoms with Crippen LogP contribution >= 0.6 is 0 Å². The van der Waals surface area contributed by atoms with E-state index in [1.807, 2.05) is 6.92 Å². The number of esters is 2. The molecule has 0 aliphatic carbocycles. The molecule has 0 saturated heterocycles. The summed E-state index contributed by atoms with van der Waals surface area (Å²) in [5, 5.41) is 20.2. The fraction of sp³-hybridized carbons (Fsp3) is 0.458. The molecule has 206 valence electrons. The predicted molar refractivity (Wildman–Crippen MR) is 127 cm³/mol. The number of carbonyl (C=O) groups is 3. The zero-order valence-electron chi connectivity index (χ0n) is 21.3. The number of hydrogen-bond donors (Lipinski definition) is 4. The monoisotopic (exact) mass is 532 g/mol. The molecule has 37 heavy (non-hydrogen) atoms. The van der Waals surface area contributed by atoms with Crippen LogP contribution < -0.4 is 10.1 Å². The van der Waals surface area contributed by atoms with Gasteiger partial charge in [0.1, 0.15) is 11.3 Å². The maximum Gasteiger partial charge on any atom is 0.490 e. The van der Waals surface area contributed by atoms with Crippen molar-refractivity contribution in [2.45, 2.75) is 59.4 Å². The van der Waals surface area contributed by atoms with Gasteiger partial charge < -0.3 is 34.7 Å². The maximum absolute atomic E-state index is 12.7. The van der Waals surface area contributed by atoms with Crippen LogP contribution in [0.25, 0.3) is 0 Å². The number of carboxylic acid groups (broad SMARTS) is 1. The highest BCUT2D eigenvalue weighted by molar-refractivity contribution is 5.99. The van der Waals surface area contributed by atoms with Crippen molar-refractivity contribution in [3.05, 3.63) is 40.7 Å². The Bertz CT molecular complexity index is 1100. The van der Waals surface area contributed by atoms with Crippen LogP contribution in [0.2, 0.25) is 0 Å². The van der Waals surface area contributed by atoms with Gasteiger partial charge in [0.15, 0.2) is 11.5 Å². The molecule has 0 spiro atoms. The zero-order chi connectivity index (χ0) is 28.6. The molecule has 0 atom stereocenters. The summed E-state index contributed by atoms with van der Waals surface area (Å²) in [6, 6.07) is 4.88. The van der Waals surface area contributed by atoms with E-state index >= 15 is 0 Å². The number of benzene rings is 1. The molecule has 1 aromatic carbocycles. The number of anilines is 1. The van der Waals surface area contributed by atoms with Crippen molar-refractivity contribution >= 4 is 23.6 Å². The smallest absolute Gasteiger partial charge is 0.490 e. The van der Waals surface area contributed by atoms with Crippen LogP contribution in [0.15, 0.2) is 18.2 Å². The number of ether oxygens (including phenoxy) is 3. The minimum atomic E-state index is -5.08. The molecule has 1 aromatic heterocycles. The summed E-state index contributed by atoms with van der Waals surface area (Å²) >= 11 is 0. The Morgan fingerprint density at radius 1 is 1.08 bits per heavy atom. The number of H-pyrrole nitrogens is 1. The first-order chi connectivity index (χ1) is 17.0. The molecule has 0 fully saturated rings. The number of aromatic nitrogens is 1. The predicted octanol–water partition coefficient (Wildman–Crippen LogP) is 4.67. The van der Waals surface area contributed by atoms with Gasteiger partial charge in [0, 0.05) is 17.4 Å². The van der Waals surface area contributed by atoms with E-state index in [2.05, 4.69) is 10.3 Å². The van der Waals surface area contributed by atoms with Gasteiger partial charge >= 0.3 is 24.1 Å². The first kappa shape index (κ1) is 31.1. The van der Waals surface area contributed by atoms with E-state index in [-0.39, 0.29) is 24.6 Å². The second-order valence-electron chi connectivity index (χ2n) is 8.45. The Morgan fingerprint density at radius 3 is 2.11 bits per heavy atom. The molecule has 0 radical (unpaired) electrons. The van der Waals surface area contributed by atoms with Gasteiger partial charge in [-0.3, -0.25) is 0 Å². The lowest BCUT2D eigenvalue weighted by molar-refractivity contribution is -0.192. The molecule has 2 rings (SSSR count). The second-order valence-corrected chi connectivity index (χ2v) is 8.45. The quantitative estimate of drug-likeness (QED) is 0.356. The molecule has 0 aliphatic rings. The van der Waals surface area contributed by atoms with Crippen molar-refractivity contribution in [2.75, 3.05) is 19.0 Å². The van der Waals surface area contributed by atoms with E-state index in [4.69, 9.17) is 24.1 Å². The van der Waals surface area contributed by atoms with Crippen molar-refractivity contribution in [1.82, 2.24) is 4.98 Å². The molecule has 0 aliphatic heterocycles. The van der Waals surface area contributed by atoms with Crippen molar-refractivity contribution < 1.29 is 52.0 Å². The van der Waals surface area contributed by atoms with Gasteiger partial charge in [0.25, 0.3) is 0 Å². The average molecular weight is 533 g/mol. The molecule has 0 saturated carbocycles. The third-order valence-electron chi connectivity index (χ3n) is 4.51. The third kappa shape index (κ3) is 9.24. The first-order valence-electron chi connectivity index (χ1n) is 11.1. The van der Waals surface area contributed by atoms with E-state index in [1.165, 1.54) is 13.2 Å². The summed E-state index contributed by atoms with van der Waals surface area (Å²) in [6.45, 7) is 9.35. The third-order valence-corrected chi connectivity index (χ3v) is 4.51. The SMILES string of the molecule is CCOC(=O)c1c(CNc2ccc(OC)c(O)c2)[nH]c(C(=O)OC(C)(C)C)c1CC.O=C(O)C(F)(F)F. The van der Waals surface area contributed by atoms with Crippen molar-refractivity contribution in [3.8, 4) is 11.5 Å². The van der Waals surface area contributed by atoms with Crippen LogP contribution in [0.5, 0.6) is 11.5 Å². The Labute approximate surface area is 211 Å². The highest BCUT2D eigenvalue weighted by Gasteiger charge is 2.38. The van der Waals surface area contributed by atoms with E-state index < -0.39 is 29.7 Å². The van der Waals surface area contributed by atoms with Crippen LogP contribution in [-0.2, 0) is 27.2 Å². The number of nitrogens with one attached hydrogen (secondary N) is 2. The Balaban J connectivity index is 0.000000856. The van der Waals surface area contributed by atoms with Crippen molar-refractivity contribution in [3.63, 3.8) is 0 Å². The van der Waals surface area contributed by atoms with Crippen LogP contribution in [0, 0.1) is 0 Å². The molecule has 4 N–H and O–H groups in total. The molecular formula is C24H31F3N2O8. The van der Waals surface area contributed by atoms with Crippen LogP contribution in [0.4, 0.5) is 18.9 Å². The molecule has 2 aromatic rings. The summed E-state index contributed by atoms with van der Waals surface area (Å²) < 4.78 is 47.5. The van der Waals surface area contributed by atoms with E-state index in [9.17, 15) is 27.9 Å². The summed E-state index contributed by atoms with van der Waals surface area (Å²) in [5.41, 5.74) is 1.57. The van der Waals surface area contributed by atoms with E-state index in [1.54, 1.807) is 39.8 Å². The topological polar surface area (TPSA) is 147 Å². The number of carbonyl (C=O) groups excluding carboxylic acids is 2. The summed E-state index contributed by atoms with van der Waals surface area (Å²) in [7, 11) is 1.47. The van der Waals surface area contributed by atoms with Crippen LogP contribution in [0.1, 0.15) is 66.7 Å². The number of hydrogen-bond acceptors (Lipinski definition) is 8. The number of phenols is 1. The highest BCUT2D eigenvalue weighted by atomic mass is 19.4. The van der Waals surface area contributed by atoms with Gasteiger partial charge in [0.2, 0.25) is 0 Å². The molecule has 10 nitrogen and oxygen atoms in total. The number of aromatic hydroxyl groups is 1. The lowest BCUT2D eigenvalue weighted by Crippen LogP contribution is -2.24. The lowest BCUT2D eigenvalue weighted by atomic mass is 10.1. The van der Waals surface area contributed by atoms with E-state index in [0.717, 1.165) is 0 Å². The van der Waals surface area contributed by atoms with Crippen LogP contribution in [0.3, 0.4) is 0 Å². The number of rotatable bonds is 8. The maximum atomic E-state index is 12.7. The highest BCUT2D eigenvalue weighted by Crippen LogP contribution is 2.30. The number of aromatic amines is 1. The Hall–Kier alpha value is -3.90. The van der Waals surface area contributed by atoms with Crippen molar-refractivity contribution in [2.24, 2.45) is 0 Å². The second kappa shape index (κ2) is 12.9. The zero-order valence-corrected chi connectivity index (χ0v) is 21.3. The number of phenolic OH excluding ortho intramolecular Hbond substituents is 1. The molecule has 0 bridgehead atoms. The van der Waals surface area contributed by atoms with Gasteiger partial charge in [-0.1, -0.05) is 6.92 Å². The van der Waals surface area contributed by atoms with Gasteiger partial charge in [-0.15, -0.1) is 0 Å². The Morgan fingerprint density at radius 2 is 1.68 bits per heavy atom. The fourth-order valence-electron chi connectivity index (χ4n) is 3.03. The first-order valence-corrected chi connectivity index (χ1v) is 11.1. The Kier molecular flexibility index (Phi) is 10.8. The summed E-state index contributed by atoms with van der Waals surface area (Å²) in [4.78, 5) is 37.3. The average Bonchev–Trinajstić information content (AvgIpc) is 3.15. The molecule has 1 heterocycles. The number of alkyl halides is 3. The lowest BCUT2D eigenvalue weighted by Gasteiger charge is -2.19. The molecule has 0 amide bonds. The van der Waals surface area contributed by atoms with Crippen LogP contribution in [-0.4, -0.2) is 58.6 Å². The largest absolute Gasteiger partial charge is 0.504 e. The normalized spacial score (nSPS) is 11.2. The van der Waals surface area contributed by atoms with Gasteiger partial charge in [-0.25, -0.2) is 14.4 Å². The molecular weight excluding hydrogens is 501 g/mol. The standard InChI is InChI=1S/C22H30N2O6.C2HF3O2/c1-7-14-18(20(26)29-8-2)15(24-19(14)21(27)30-22(3,4)5)12-23-13-9-10-17(28-6)16(25)11-13;3-2(4,5)1(6)7/h9-11,23-25H,7-8,12H2,1-6H3;(H,6,7).